The fourth-order valence-electron chi connectivity index (χ4n) is 4.34. The van der Waals surface area contributed by atoms with Gasteiger partial charge >= 0.3 is 5.97 Å². The van der Waals surface area contributed by atoms with Crippen molar-refractivity contribution in [2.24, 2.45) is 5.16 Å². The number of aryl methyl sites for hydroxylation is 1. The van der Waals surface area contributed by atoms with Gasteiger partial charge in [-0.05, 0) is 37.6 Å². The van der Waals surface area contributed by atoms with Crippen LogP contribution in [0.4, 0.5) is 4.39 Å². The SMILES string of the molecule is COc1cc(CNC(=O)c2cc(C3=NO[C@H]([C@H]4CO[C@@H](N(C)C(=O)[C@H](C)OC(C)=O)CO4)C3)nc(C)n2)ccc1F. The minimum atomic E-state index is -0.942. The molecule has 14 heteroatoms. The van der Waals surface area contributed by atoms with Crippen molar-refractivity contribution in [2.45, 2.75) is 58.3 Å². The van der Waals surface area contributed by atoms with Crippen molar-refractivity contribution < 1.29 is 42.6 Å². The fourth-order valence-corrected chi connectivity index (χ4v) is 4.34. The second-order valence-corrected chi connectivity index (χ2v) is 9.58. The lowest BCUT2D eigenvalue weighted by Gasteiger charge is -2.36. The van der Waals surface area contributed by atoms with Gasteiger partial charge in [-0.1, -0.05) is 11.2 Å². The molecule has 1 fully saturated rings. The summed E-state index contributed by atoms with van der Waals surface area (Å²) in [6.07, 6.45) is -2.17. The molecule has 2 aliphatic rings. The molecule has 2 aromatic rings. The van der Waals surface area contributed by atoms with Crippen LogP contribution in [0.1, 0.15) is 47.8 Å². The number of methoxy groups -OCH3 is 1. The van der Waals surface area contributed by atoms with Gasteiger partial charge in [0, 0.05) is 26.9 Å². The number of nitrogens with one attached hydrogen (secondary N) is 1. The Kier molecular flexibility index (Phi) is 9.45. The maximum atomic E-state index is 13.7. The Hall–Kier alpha value is -4.17. The Bertz CT molecular complexity index is 1330. The molecule has 0 bridgehead atoms. The number of ether oxygens (including phenoxy) is 4. The number of nitrogens with zero attached hydrogens (tertiary/aromatic N) is 4. The van der Waals surface area contributed by atoms with Crippen molar-refractivity contribution in [3.8, 4) is 5.75 Å². The van der Waals surface area contributed by atoms with Crippen LogP contribution in [0.3, 0.4) is 0 Å². The van der Waals surface area contributed by atoms with Crippen LogP contribution in [-0.4, -0.2) is 90.3 Å². The molecule has 4 atom stereocenters. The van der Waals surface area contributed by atoms with E-state index in [0.29, 0.717) is 29.2 Å². The third-order valence-electron chi connectivity index (χ3n) is 6.52. The third kappa shape index (κ3) is 7.32. The Morgan fingerprint density at radius 1 is 1.17 bits per heavy atom. The number of oxime groups is 1. The number of hydrogen-bond acceptors (Lipinski definition) is 11. The summed E-state index contributed by atoms with van der Waals surface area (Å²) in [6, 6.07) is 5.86. The molecule has 3 heterocycles. The monoisotopic (exact) mass is 573 g/mol. The average molecular weight is 574 g/mol. The summed E-state index contributed by atoms with van der Waals surface area (Å²) in [4.78, 5) is 52.0. The van der Waals surface area contributed by atoms with Crippen molar-refractivity contribution >= 4 is 23.5 Å². The number of carbonyl (C=O) groups excluding carboxylic acids is 3. The van der Waals surface area contributed by atoms with Crippen LogP contribution in [0.25, 0.3) is 0 Å². The van der Waals surface area contributed by atoms with Crippen LogP contribution in [0.5, 0.6) is 5.75 Å². The van der Waals surface area contributed by atoms with Gasteiger partial charge in [0.1, 0.15) is 23.3 Å². The zero-order valence-corrected chi connectivity index (χ0v) is 23.4. The number of amides is 2. The number of esters is 1. The second-order valence-electron chi connectivity index (χ2n) is 9.58. The molecule has 41 heavy (non-hydrogen) atoms. The number of halogens is 1. The van der Waals surface area contributed by atoms with Gasteiger partial charge in [-0.2, -0.15) is 0 Å². The molecule has 220 valence electrons. The van der Waals surface area contributed by atoms with Crippen LogP contribution in [-0.2, 0) is 35.2 Å². The van der Waals surface area contributed by atoms with Crippen LogP contribution in [0.15, 0.2) is 29.4 Å². The molecule has 13 nitrogen and oxygen atoms in total. The topological polar surface area (TPSA) is 151 Å². The molecule has 1 aromatic heterocycles. The smallest absolute Gasteiger partial charge is 0.303 e. The average Bonchev–Trinajstić information content (AvgIpc) is 3.46. The van der Waals surface area contributed by atoms with E-state index in [1.807, 2.05) is 0 Å². The van der Waals surface area contributed by atoms with E-state index in [9.17, 15) is 18.8 Å². The summed E-state index contributed by atoms with van der Waals surface area (Å²) >= 11 is 0. The second kappa shape index (κ2) is 13.0. The summed E-state index contributed by atoms with van der Waals surface area (Å²) in [5.41, 5.74) is 1.76. The highest BCUT2D eigenvalue weighted by molar-refractivity contribution is 6.02. The quantitative estimate of drug-likeness (QED) is 0.437. The predicted octanol–water partition coefficient (Wildman–Crippen LogP) is 1.51. The van der Waals surface area contributed by atoms with Crippen molar-refractivity contribution in [1.82, 2.24) is 20.2 Å². The van der Waals surface area contributed by atoms with Gasteiger partial charge < -0.3 is 34.0 Å². The van der Waals surface area contributed by atoms with Gasteiger partial charge in [0.25, 0.3) is 11.8 Å². The van der Waals surface area contributed by atoms with E-state index >= 15 is 0 Å². The van der Waals surface area contributed by atoms with E-state index in [4.69, 9.17) is 23.8 Å². The van der Waals surface area contributed by atoms with Crippen LogP contribution >= 0.6 is 0 Å². The minimum absolute atomic E-state index is 0.0861. The molecule has 1 N–H and O–H groups in total. The minimum Gasteiger partial charge on any atom is -0.494 e. The van der Waals surface area contributed by atoms with E-state index in [-0.39, 0.29) is 31.2 Å². The molecular weight excluding hydrogens is 541 g/mol. The normalized spacial score (nSPS) is 20.8. The zero-order chi connectivity index (χ0) is 29.7. The summed E-state index contributed by atoms with van der Waals surface area (Å²) in [7, 11) is 2.92. The number of rotatable bonds is 9. The van der Waals surface area contributed by atoms with Gasteiger partial charge in [0.15, 0.2) is 30.0 Å². The van der Waals surface area contributed by atoms with E-state index < -0.39 is 48.1 Å². The number of hydrogen-bond donors (Lipinski definition) is 1. The fraction of sp³-hybridized carbons (Fsp3) is 0.481. The van der Waals surface area contributed by atoms with E-state index in [1.54, 1.807) is 20.0 Å². The molecule has 4 rings (SSSR count). The van der Waals surface area contributed by atoms with Crippen molar-refractivity contribution in [1.29, 1.82) is 0 Å². The van der Waals surface area contributed by atoms with E-state index in [2.05, 4.69) is 20.4 Å². The molecule has 0 saturated carbocycles. The molecule has 0 unspecified atom stereocenters. The molecular formula is C27H32FN5O8. The number of aromatic nitrogens is 2. The maximum absolute atomic E-state index is 13.7. The van der Waals surface area contributed by atoms with Crippen molar-refractivity contribution in [2.75, 3.05) is 27.4 Å². The third-order valence-corrected chi connectivity index (χ3v) is 6.52. The maximum Gasteiger partial charge on any atom is 0.303 e. The molecule has 2 amide bonds. The largest absolute Gasteiger partial charge is 0.494 e. The molecule has 0 radical (unpaired) electrons. The Morgan fingerprint density at radius 3 is 2.63 bits per heavy atom. The van der Waals surface area contributed by atoms with Crippen LogP contribution < -0.4 is 10.1 Å². The van der Waals surface area contributed by atoms with Gasteiger partial charge in [0.2, 0.25) is 0 Å². The molecule has 1 aromatic carbocycles. The number of benzene rings is 1. The lowest BCUT2D eigenvalue weighted by molar-refractivity contribution is -0.210. The predicted molar refractivity (Wildman–Crippen MR) is 140 cm³/mol. The number of likely N-dealkylation sites (N-methyl/N-ethyl adjacent to an activating group) is 1. The summed E-state index contributed by atoms with van der Waals surface area (Å²) in [5.74, 6) is -1.43. The lowest BCUT2D eigenvalue weighted by Crippen LogP contribution is -2.52. The molecule has 0 aliphatic carbocycles. The summed E-state index contributed by atoms with van der Waals surface area (Å²) in [6.45, 7) is 4.76. The van der Waals surface area contributed by atoms with Gasteiger partial charge in [-0.15, -0.1) is 0 Å². The van der Waals surface area contributed by atoms with E-state index in [0.717, 1.165) is 0 Å². The van der Waals surface area contributed by atoms with Crippen molar-refractivity contribution in [3.63, 3.8) is 0 Å². The highest BCUT2D eigenvalue weighted by atomic mass is 19.1. The van der Waals surface area contributed by atoms with Gasteiger partial charge in [-0.3, -0.25) is 14.4 Å². The Labute approximate surface area is 235 Å². The first kappa shape index (κ1) is 29.8. The van der Waals surface area contributed by atoms with Crippen LogP contribution in [0.2, 0.25) is 0 Å². The summed E-state index contributed by atoms with van der Waals surface area (Å²) in [5, 5.41) is 6.92. The number of carbonyl (C=O) groups is 3. The highest BCUT2D eigenvalue weighted by Gasteiger charge is 2.38. The first-order valence-corrected chi connectivity index (χ1v) is 12.9. The molecule has 1 saturated heterocycles. The van der Waals surface area contributed by atoms with Crippen LogP contribution in [0, 0.1) is 12.7 Å². The Morgan fingerprint density at radius 2 is 1.95 bits per heavy atom. The zero-order valence-electron chi connectivity index (χ0n) is 23.4. The molecule has 0 spiro atoms. The van der Waals surface area contributed by atoms with Gasteiger partial charge in [0.05, 0.1) is 26.0 Å². The van der Waals surface area contributed by atoms with Gasteiger partial charge in [-0.25, -0.2) is 14.4 Å². The first-order chi connectivity index (χ1) is 19.5. The summed E-state index contributed by atoms with van der Waals surface area (Å²) < 4.78 is 35.3. The van der Waals surface area contributed by atoms with E-state index in [1.165, 1.54) is 44.1 Å². The van der Waals surface area contributed by atoms with Crippen molar-refractivity contribution in [3.05, 3.63) is 52.9 Å². The Balaban J connectivity index is 1.31. The molecule has 2 aliphatic heterocycles. The lowest BCUT2D eigenvalue weighted by atomic mass is 10.0. The standard InChI is InChI=1S/C27H32FN5O8/c1-14(40-16(3)34)27(36)33(4)25-13-38-24(12-39-25)23-10-20(32-41-23)19-9-21(31-15(2)30-19)26(35)29-11-17-6-7-18(28)22(8-17)37-5/h6-9,14,23-25H,10-13H2,1-5H3,(H,29,35)/t14-,23-,24+,25+/m0/s1. The first-order valence-electron chi connectivity index (χ1n) is 12.9. The highest BCUT2D eigenvalue weighted by Crippen LogP contribution is 2.24.